The fraction of sp³-hybridized carbons (Fsp3) is 0.100. The molecule has 1 aromatic carbocycles. The zero-order chi connectivity index (χ0) is 11.5. The molecule has 1 heterocycles. The molecule has 2 aromatic rings. The lowest BCUT2D eigenvalue weighted by atomic mass is 10.1. The van der Waals surface area contributed by atoms with Crippen molar-refractivity contribution in [2.75, 3.05) is 0 Å². The Bertz CT molecular complexity index is 518. The predicted octanol–water partition coefficient (Wildman–Crippen LogP) is 0.670. The number of nitrogens with zero attached hydrogens (tertiary/aromatic N) is 4. The van der Waals surface area contributed by atoms with E-state index in [0.29, 0.717) is 5.56 Å². The van der Waals surface area contributed by atoms with Gasteiger partial charge in [0.2, 0.25) is 0 Å². The van der Waals surface area contributed by atoms with Crippen LogP contribution in [0, 0.1) is 6.92 Å². The molecule has 0 fully saturated rings. The van der Waals surface area contributed by atoms with Crippen molar-refractivity contribution in [2.24, 2.45) is 10.9 Å². The molecule has 0 amide bonds. The highest BCUT2D eigenvalue weighted by Crippen LogP contribution is 2.14. The molecule has 0 radical (unpaired) electrons. The van der Waals surface area contributed by atoms with Gasteiger partial charge in [0.15, 0.2) is 5.84 Å². The molecular formula is C10H11N5O. The van der Waals surface area contributed by atoms with Crippen LogP contribution >= 0.6 is 0 Å². The van der Waals surface area contributed by atoms with E-state index in [0.717, 1.165) is 11.3 Å². The Hall–Kier alpha value is -2.37. The van der Waals surface area contributed by atoms with Crippen molar-refractivity contribution in [3.63, 3.8) is 0 Å². The van der Waals surface area contributed by atoms with Crippen LogP contribution in [0.25, 0.3) is 5.69 Å². The summed E-state index contributed by atoms with van der Waals surface area (Å²) >= 11 is 0. The molecule has 0 atom stereocenters. The number of rotatable bonds is 2. The van der Waals surface area contributed by atoms with Crippen LogP contribution in [0.3, 0.4) is 0 Å². The minimum absolute atomic E-state index is 0.0910. The average Bonchev–Trinajstić information content (AvgIpc) is 2.81. The molecule has 16 heavy (non-hydrogen) atoms. The Balaban J connectivity index is 2.45. The summed E-state index contributed by atoms with van der Waals surface area (Å²) in [5.74, 6) is 0.0910. The van der Waals surface area contributed by atoms with Gasteiger partial charge in [0, 0.05) is 5.56 Å². The summed E-state index contributed by atoms with van der Waals surface area (Å²) in [6.45, 7) is 1.92. The van der Waals surface area contributed by atoms with E-state index in [1.165, 1.54) is 6.33 Å². The number of amidine groups is 1. The van der Waals surface area contributed by atoms with E-state index in [9.17, 15) is 0 Å². The average molecular weight is 217 g/mol. The standard InChI is InChI=1S/C10H11N5O/c1-7-4-8(10(11)14-16)2-3-9(7)15-6-12-5-13-15/h2-6,16H,1H3,(H2,11,14). The smallest absolute Gasteiger partial charge is 0.170 e. The van der Waals surface area contributed by atoms with E-state index in [1.807, 2.05) is 19.1 Å². The number of aromatic nitrogens is 3. The van der Waals surface area contributed by atoms with Gasteiger partial charge in [-0.1, -0.05) is 5.16 Å². The zero-order valence-electron chi connectivity index (χ0n) is 8.70. The highest BCUT2D eigenvalue weighted by molar-refractivity contribution is 5.97. The number of hydrogen-bond acceptors (Lipinski definition) is 4. The SMILES string of the molecule is Cc1cc(/C(N)=N/O)ccc1-n1cncn1. The van der Waals surface area contributed by atoms with Crippen LogP contribution in [0.2, 0.25) is 0 Å². The maximum absolute atomic E-state index is 8.57. The fourth-order valence-corrected chi connectivity index (χ4v) is 1.46. The highest BCUT2D eigenvalue weighted by atomic mass is 16.4. The minimum Gasteiger partial charge on any atom is -0.409 e. The summed E-state index contributed by atoms with van der Waals surface area (Å²) in [6.07, 6.45) is 3.09. The summed E-state index contributed by atoms with van der Waals surface area (Å²) in [5, 5.41) is 15.6. The van der Waals surface area contributed by atoms with Gasteiger partial charge in [-0.2, -0.15) is 5.10 Å². The lowest BCUT2D eigenvalue weighted by Gasteiger charge is -2.06. The van der Waals surface area contributed by atoms with Crippen LogP contribution in [0.1, 0.15) is 11.1 Å². The molecule has 0 aliphatic carbocycles. The van der Waals surface area contributed by atoms with Crippen LogP contribution in [-0.4, -0.2) is 25.8 Å². The first kappa shape index (κ1) is 10.2. The second-order valence-electron chi connectivity index (χ2n) is 3.33. The second-order valence-corrected chi connectivity index (χ2v) is 3.33. The molecule has 0 saturated carbocycles. The van der Waals surface area contributed by atoms with E-state index in [2.05, 4.69) is 15.2 Å². The molecule has 0 aliphatic heterocycles. The van der Waals surface area contributed by atoms with Gasteiger partial charge in [0.1, 0.15) is 12.7 Å². The van der Waals surface area contributed by atoms with Crippen LogP contribution < -0.4 is 5.73 Å². The maximum Gasteiger partial charge on any atom is 0.170 e. The van der Waals surface area contributed by atoms with Crippen LogP contribution in [-0.2, 0) is 0 Å². The Morgan fingerprint density at radius 2 is 2.31 bits per heavy atom. The van der Waals surface area contributed by atoms with E-state index < -0.39 is 0 Å². The number of benzene rings is 1. The summed E-state index contributed by atoms with van der Waals surface area (Å²) in [6, 6.07) is 5.43. The summed E-state index contributed by atoms with van der Waals surface area (Å²) in [7, 11) is 0. The van der Waals surface area contributed by atoms with Crippen LogP contribution in [0.4, 0.5) is 0 Å². The van der Waals surface area contributed by atoms with Crippen molar-refractivity contribution >= 4 is 5.84 Å². The molecule has 6 heteroatoms. The molecule has 3 N–H and O–H groups in total. The molecule has 6 nitrogen and oxygen atoms in total. The van der Waals surface area contributed by atoms with Crippen molar-refractivity contribution < 1.29 is 5.21 Å². The maximum atomic E-state index is 8.57. The topological polar surface area (TPSA) is 89.3 Å². The lowest BCUT2D eigenvalue weighted by molar-refractivity contribution is 0.318. The van der Waals surface area contributed by atoms with E-state index in [-0.39, 0.29) is 5.84 Å². The Labute approximate surface area is 92.0 Å². The van der Waals surface area contributed by atoms with Gasteiger partial charge in [-0.05, 0) is 30.7 Å². The highest BCUT2D eigenvalue weighted by Gasteiger charge is 2.05. The predicted molar refractivity (Wildman–Crippen MR) is 58.6 cm³/mol. The molecular weight excluding hydrogens is 206 g/mol. The van der Waals surface area contributed by atoms with Crippen molar-refractivity contribution in [1.29, 1.82) is 0 Å². The van der Waals surface area contributed by atoms with Gasteiger partial charge in [-0.3, -0.25) is 0 Å². The van der Waals surface area contributed by atoms with E-state index >= 15 is 0 Å². The second kappa shape index (κ2) is 4.01. The molecule has 0 aliphatic rings. The van der Waals surface area contributed by atoms with Crippen molar-refractivity contribution in [1.82, 2.24) is 14.8 Å². The third kappa shape index (κ3) is 1.72. The molecule has 0 bridgehead atoms. The normalized spacial score (nSPS) is 11.7. The van der Waals surface area contributed by atoms with E-state index in [1.54, 1.807) is 17.1 Å². The minimum atomic E-state index is 0.0910. The van der Waals surface area contributed by atoms with Crippen LogP contribution in [0.15, 0.2) is 36.0 Å². The summed E-state index contributed by atoms with van der Waals surface area (Å²) in [5.41, 5.74) is 8.04. The van der Waals surface area contributed by atoms with Gasteiger partial charge >= 0.3 is 0 Å². The molecule has 0 spiro atoms. The van der Waals surface area contributed by atoms with Crippen LogP contribution in [0.5, 0.6) is 0 Å². The van der Waals surface area contributed by atoms with Gasteiger partial charge in [-0.25, -0.2) is 9.67 Å². The van der Waals surface area contributed by atoms with Gasteiger partial charge in [0.25, 0.3) is 0 Å². The van der Waals surface area contributed by atoms with Crippen molar-refractivity contribution in [2.45, 2.75) is 6.92 Å². The number of aryl methyl sites for hydroxylation is 1. The molecule has 82 valence electrons. The Kier molecular flexibility index (Phi) is 2.55. The summed E-state index contributed by atoms with van der Waals surface area (Å²) < 4.78 is 1.66. The number of oxime groups is 1. The first-order valence-electron chi connectivity index (χ1n) is 4.66. The third-order valence-electron chi connectivity index (χ3n) is 2.27. The quantitative estimate of drug-likeness (QED) is 0.335. The Morgan fingerprint density at radius 1 is 1.50 bits per heavy atom. The van der Waals surface area contributed by atoms with E-state index in [4.69, 9.17) is 10.9 Å². The molecule has 2 rings (SSSR count). The largest absolute Gasteiger partial charge is 0.409 e. The number of hydrogen-bond donors (Lipinski definition) is 2. The van der Waals surface area contributed by atoms with Crippen molar-refractivity contribution in [3.8, 4) is 5.69 Å². The Morgan fingerprint density at radius 3 is 2.88 bits per heavy atom. The monoisotopic (exact) mass is 217 g/mol. The summed E-state index contributed by atoms with van der Waals surface area (Å²) in [4.78, 5) is 3.88. The molecule has 0 unspecified atom stereocenters. The third-order valence-corrected chi connectivity index (χ3v) is 2.27. The van der Waals surface area contributed by atoms with Crippen molar-refractivity contribution in [3.05, 3.63) is 42.0 Å². The first-order valence-corrected chi connectivity index (χ1v) is 4.66. The molecule has 1 aromatic heterocycles. The first-order chi connectivity index (χ1) is 7.72. The molecule has 0 saturated heterocycles. The zero-order valence-corrected chi connectivity index (χ0v) is 8.70. The fourth-order valence-electron chi connectivity index (χ4n) is 1.46. The van der Waals surface area contributed by atoms with Gasteiger partial charge in [-0.15, -0.1) is 0 Å². The van der Waals surface area contributed by atoms with Gasteiger partial charge in [0.05, 0.1) is 5.69 Å². The lowest BCUT2D eigenvalue weighted by Crippen LogP contribution is -2.13. The van der Waals surface area contributed by atoms with Gasteiger partial charge < -0.3 is 10.9 Å². The number of nitrogens with two attached hydrogens (primary N) is 1.